The summed E-state index contributed by atoms with van der Waals surface area (Å²) in [6.45, 7) is 5.17. The number of carboxylic acids is 1. The van der Waals surface area contributed by atoms with Crippen LogP contribution in [-0.4, -0.2) is 29.3 Å². The third kappa shape index (κ3) is 5.33. The number of aliphatic carboxylic acids is 1. The van der Waals surface area contributed by atoms with Gasteiger partial charge in [-0.25, -0.2) is 4.98 Å². The van der Waals surface area contributed by atoms with Crippen LogP contribution in [0.4, 0.5) is 0 Å². The predicted octanol–water partition coefficient (Wildman–Crippen LogP) is 5.02. The lowest BCUT2D eigenvalue weighted by molar-refractivity contribution is -0.136. The van der Waals surface area contributed by atoms with Crippen molar-refractivity contribution in [1.29, 1.82) is 0 Å². The van der Waals surface area contributed by atoms with Crippen LogP contribution in [0.25, 0.3) is 10.6 Å². The first kappa shape index (κ1) is 19.9. The van der Waals surface area contributed by atoms with Crippen molar-refractivity contribution in [1.82, 2.24) is 4.98 Å². The molecule has 0 aliphatic rings. The first-order valence-corrected chi connectivity index (χ1v) is 10.0. The number of hydrogen-bond acceptors (Lipinski definition) is 5. The molecule has 0 saturated carbocycles. The Morgan fingerprint density at radius 3 is 2.68 bits per heavy atom. The topological polar surface area (TPSA) is 68.7 Å². The predicted molar refractivity (Wildman–Crippen MR) is 110 cm³/mol. The molecular formula is C22H23NO4S. The van der Waals surface area contributed by atoms with Crippen LogP contribution in [0.5, 0.6) is 11.5 Å². The number of para-hydroxylation sites is 1. The van der Waals surface area contributed by atoms with E-state index in [2.05, 4.69) is 24.9 Å². The summed E-state index contributed by atoms with van der Waals surface area (Å²) in [5.41, 5.74) is 2.66. The molecule has 5 nitrogen and oxygen atoms in total. The van der Waals surface area contributed by atoms with Crippen LogP contribution in [-0.2, 0) is 11.2 Å². The molecule has 28 heavy (non-hydrogen) atoms. The Morgan fingerprint density at radius 1 is 1.11 bits per heavy atom. The summed E-state index contributed by atoms with van der Waals surface area (Å²) in [6, 6.07) is 15.7. The maximum atomic E-state index is 10.8. The third-order valence-corrected chi connectivity index (χ3v) is 5.06. The van der Waals surface area contributed by atoms with Gasteiger partial charge in [0.05, 0.1) is 12.1 Å². The Hall–Kier alpha value is -2.86. The number of rotatable bonds is 9. The second-order valence-electron chi connectivity index (χ2n) is 6.63. The van der Waals surface area contributed by atoms with Crippen LogP contribution in [0.1, 0.15) is 31.0 Å². The average Bonchev–Trinajstić information content (AvgIpc) is 3.13. The van der Waals surface area contributed by atoms with Crippen molar-refractivity contribution in [3.63, 3.8) is 0 Å². The SMILES string of the molecule is CC(C)c1ccccc1OCCOc1cccc(-c2nc(CC(=O)O)cs2)c1. The maximum absolute atomic E-state index is 10.8. The smallest absolute Gasteiger partial charge is 0.309 e. The summed E-state index contributed by atoms with van der Waals surface area (Å²) in [4.78, 5) is 15.2. The van der Waals surface area contributed by atoms with Gasteiger partial charge in [0.2, 0.25) is 0 Å². The lowest BCUT2D eigenvalue weighted by atomic mass is 10.0. The lowest BCUT2D eigenvalue weighted by Gasteiger charge is -2.14. The number of aromatic nitrogens is 1. The second-order valence-corrected chi connectivity index (χ2v) is 7.49. The Bertz CT molecular complexity index is 936. The van der Waals surface area contributed by atoms with Gasteiger partial charge in [0, 0.05) is 10.9 Å². The number of ether oxygens (including phenoxy) is 2. The normalized spacial score (nSPS) is 10.8. The fraction of sp³-hybridized carbons (Fsp3) is 0.273. The largest absolute Gasteiger partial charge is 0.490 e. The van der Waals surface area contributed by atoms with Crippen molar-refractivity contribution in [2.24, 2.45) is 0 Å². The van der Waals surface area contributed by atoms with E-state index >= 15 is 0 Å². The highest BCUT2D eigenvalue weighted by Crippen LogP contribution is 2.28. The van der Waals surface area contributed by atoms with Gasteiger partial charge in [-0.2, -0.15) is 0 Å². The number of benzene rings is 2. The zero-order valence-corrected chi connectivity index (χ0v) is 16.7. The van der Waals surface area contributed by atoms with Gasteiger partial charge in [-0.15, -0.1) is 11.3 Å². The van der Waals surface area contributed by atoms with Gasteiger partial charge in [-0.3, -0.25) is 4.79 Å². The number of thiazole rings is 1. The van der Waals surface area contributed by atoms with Gasteiger partial charge in [0.15, 0.2) is 0 Å². The van der Waals surface area contributed by atoms with E-state index < -0.39 is 5.97 Å². The first-order valence-electron chi connectivity index (χ1n) is 9.14. The molecule has 0 fully saturated rings. The van der Waals surface area contributed by atoms with Gasteiger partial charge < -0.3 is 14.6 Å². The zero-order chi connectivity index (χ0) is 19.9. The van der Waals surface area contributed by atoms with Gasteiger partial charge in [-0.05, 0) is 29.7 Å². The fourth-order valence-corrected chi connectivity index (χ4v) is 3.61. The highest BCUT2D eigenvalue weighted by atomic mass is 32.1. The molecule has 3 rings (SSSR count). The van der Waals surface area contributed by atoms with Crippen LogP contribution in [0.2, 0.25) is 0 Å². The molecule has 0 radical (unpaired) electrons. The van der Waals surface area contributed by atoms with Crippen molar-refractivity contribution >= 4 is 17.3 Å². The third-order valence-electron chi connectivity index (χ3n) is 4.12. The molecular weight excluding hydrogens is 374 g/mol. The Labute approximate surface area is 168 Å². The molecule has 0 aliphatic heterocycles. The van der Waals surface area contributed by atoms with E-state index in [4.69, 9.17) is 14.6 Å². The summed E-state index contributed by atoms with van der Waals surface area (Å²) >= 11 is 1.43. The van der Waals surface area contributed by atoms with Crippen molar-refractivity contribution in [2.75, 3.05) is 13.2 Å². The lowest BCUT2D eigenvalue weighted by Crippen LogP contribution is -2.10. The molecule has 2 aromatic carbocycles. The summed E-state index contributed by atoms with van der Waals surface area (Å²) in [7, 11) is 0. The Kier molecular flexibility index (Phi) is 6.66. The highest BCUT2D eigenvalue weighted by Gasteiger charge is 2.09. The summed E-state index contributed by atoms with van der Waals surface area (Å²) in [5, 5.41) is 11.4. The summed E-state index contributed by atoms with van der Waals surface area (Å²) in [5.74, 6) is 1.14. The van der Waals surface area contributed by atoms with E-state index in [-0.39, 0.29) is 6.42 Å². The first-order chi connectivity index (χ1) is 13.5. The number of carboxylic acid groups (broad SMARTS) is 1. The number of nitrogens with zero attached hydrogens (tertiary/aromatic N) is 1. The van der Waals surface area contributed by atoms with E-state index in [0.29, 0.717) is 24.8 Å². The molecule has 0 saturated heterocycles. The molecule has 6 heteroatoms. The van der Waals surface area contributed by atoms with Gasteiger partial charge >= 0.3 is 5.97 Å². The molecule has 0 bridgehead atoms. The van der Waals surface area contributed by atoms with Gasteiger partial charge in [-0.1, -0.05) is 44.2 Å². The standard InChI is InChI=1S/C22H23NO4S/c1-15(2)19-8-3-4-9-20(19)27-11-10-26-18-7-5-6-16(12-18)22-23-17(14-28-22)13-21(24)25/h3-9,12,14-15H,10-11,13H2,1-2H3,(H,24,25). The monoisotopic (exact) mass is 397 g/mol. The van der Waals surface area contributed by atoms with Crippen molar-refractivity contribution in [3.05, 3.63) is 65.2 Å². The van der Waals surface area contributed by atoms with Crippen LogP contribution in [0, 0.1) is 0 Å². The molecule has 0 unspecified atom stereocenters. The zero-order valence-electron chi connectivity index (χ0n) is 15.9. The molecule has 0 spiro atoms. The number of carbonyl (C=O) groups is 1. The van der Waals surface area contributed by atoms with Crippen LogP contribution < -0.4 is 9.47 Å². The summed E-state index contributed by atoms with van der Waals surface area (Å²) in [6.07, 6.45) is -0.0676. The quantitative estimate of drug-likeness (QED) is 0.514. The molecule has 1 N–H and O–H groups in total. The van der Waals surface area contributed by atoms with E-state index in [9.17, 15) is 4.79 Å². The van der Waals surface area contributed by atoms with Gasteiger partial charge in [0.1, 0.15) is 29.7 Å². The average molecular weight is 397 g/mol. The summed E-state index contributed by atoms with van der Waals surface area (Å²) < 4.78 is 11.7. The molecule has 0 aliphatic carbocycles. The minimum Gasteiger partial charge on any atom is -0.490 e. The van der Waals surface area contributed by atoms with E-state index in [1.807, 2.05) is 42.5 Å². The van der Waals surface area contributed by atoms with Crippen LogP contribution >= 0.6 is 11.3 Å². The minimum atomic E-state index is -0.882. The van der Waals surface area contributed by atoms with Gasteiger partial charge in [0.25, 0.3) is 0 Å². The molecule has 0 amide bonds. The van der Waals surface area contributed by atoms with Crippen molar-refractivity contribution < 1.29 is 19.4 Å². The maximum Gasteiger partial charge on any atom is 0.309 e. The fourth-order valence-electron chi connectivity index (χ4n) is 2.79. The van der Waals surface area contributed by atoms with Crippen LogP contribution in [0.3, 0.4) is 0 Å². The van der Waals surface area contributed by atoms with Crippen molar-refractivity contribution in [2.45, 2.75) is 26.2 Å². The minimum absolute atomic E-state index is 0.0676. The van der Waals surface area contributed by atoms with E-state index in [0.717, 1.165) is 22.1 Å². The molecule has 3 aromatic rings. The Morgan fingerprint density at radius 2 is 1.89 bits per heavy atom. The van der Waals surface area contributed by atoms with E-state index in [1.165, 1.54) is 16.9 Å². The van der Waals surface area contributed by atoms with E-state index in [1.54, 1.807) is 5.38 Å². The van der Waals surface area contributed by atoms with Crippen LogP contribution in [0.15, 0.2) is 53.9 Å². The molecule has 1 heterocycles. The Balaban J connectivity index is 1.57. The van der Waals surface area contributed by atoms with Crippen molar-refractivity contribution in [3.8, 4) is 22.1 Å². The number of hydrogen-bond donors (Lipinski definition) is 1. The molecule has 0 atom stereocenters. The highest BCUT2D eigenvalue weighted by molar-refractivity contribution is 7.13. The molecule has 146 valence electrons. The molecule has 1 aromatic heterocycles. The second kappa shape index (κ2) is 9.37.